The summed E-state index contributed by atoms with van der Waals surface area (Å²) < 4.78 is 0. The number of rotatable bonds is 7. The molecule has 1 saturated carbocycles. The molecule has 1 saturated heterocycles. The molecule has 5 aromatic rings. The van der Waals surface area contributed by atoms with Crippen molar-refractivity contribution in [3.8, 4) is 0 Å². The number of carbonyl (C=O) groups is 2. The van der Waals surface area contributed by atoms with Gasteiger partial charge >= 0.3 is 0 Å². The third-order valence-corrected chi connectivity index (χ3v) is 11.6. The summed E-state index contributed by atoms with van der Waals surface area (Å²) >= 11 is 13.3. The van der Waals surface area contributed by atoms with Crippen LogP contribution in [0.3, 0.4) is 0 Å². The first-order valence-electron chi connectivity index (χ1n) is 18.5. The van der Waals surface area contributed by atoms with Crippen molar-refractivity contribution < 1.29 is 9.59 Å². The van der Waals surface area contributed by atoms with E-state index in [1.165, 1.54) is 5.57 Å². The minimum absolute atomic E-state index is 0.157. The van der Waals surface area contributed by atoms with E-state index in [9.17, 15) is 9.59 Å². The second-order valence-corrected chi connectivity index (χ2v) is 15.5. The molecule has 2 amide bonds. The Labute approximate surface area is 318 Å². The summed E-state index contributed by atoms with van der Waals surface area (Å²) in [6.07, 6.45) is 10.6. The Balaban J connectivity index is 1.15. The van der Waals surface area contributed by atoms with Crippen molar-refractivity contribution in [3.05, 3.63) is 135 Å². The molecule has 53 heavy (non-hydrogen) atoms. The zero-order valence-electron chi connectivity index (χ0n) is 29.4. The number of allylic oxidation sites excluding steroid dienone is 2. The van der Waals surface area contributed by atoms with Crippen LogP contribution in [0.4, 0.5) is 11.5 Å². The van der Waals surface area contributed by atoms with E-state index in [0.29, 0.717) is 21.4 Å². The average Bonchev–Trinajstić information content (AvgIpc) is 3.97. The van der Waals surface area contributed by atoms with Crippen LogP contribution >= 0.6 is 23.2 Å². The van der Waals surface area contributed by atoms with Crippen LogP contribution in [-0.4, -0.2) is 45.8 Å². The highest BCUT2D eigenvalue weighted by Crippen LogP contribution is 2.53. The minimum atomic E-state index is -0.259. The van der Waals surface area contributed by atoms with Gasteiger partial charge in [0, 0.05) is 64.0 Å². The van der Waals surface area contributed by atoms with Crippen molar-refractivity contribution in [2.45, 2.75) is 51.1 Å². The predicted octanol–water partition coefficient (Wildman–Crippen LogP) is 9.44. The summed E-state index contributed by atoms with van der Waals surface area (Å²) in [6.45, 7) is 3.71. The van der Waals surface area contributed by atoms with Gasteiger partial charge in [0.2, 0.25) is 5.91 Å². The van der Waals surface area contributed by atoms with E-state index < -0.39 is 0 Å². The van der Waals surface area contributed by atoms with E-state index in [4.69, 9.17) is 28.2 Å². The summed E-state index contributed by atoms with van der Waals surface area (Å²) in [5.41, 5.74) is 8.10. The summed E-state index contributed by atoms with van der Waals surface area (Å²) in [5.74, 6) is 1.00. The standard InChI is InChI=1S/C43H40Cl2N6O2/c1-25-7-6-20-51-39(27-13-15-29(44)16-14-27)32-23-30(45)24-34-36(32)37(40(51)35(25)26-8-3-2-4-9-26)38(48-34)43(53)49-33-10-5-19-46-41(33)50-21-17-31(18-22-50)47-42(52)28-11-12-28/h2-6,8-10,13-16,19-20,23-25,28,31,39,48H,7,11-12,17-18,21-22H2,1H3,(H,47,52)(H,49,53). The topological polar surface area (TPSA) is 93.4 Å². The zero-order valence-corrected chi connectivity index (χ0v) is 30.9. The number of carbonyl (C=O) groups excluding carboxylic acids is 2. The number of halogens is 2. The van der Waals surface area contributed by atoms with Crippen molar-refractivity contribution in [1.82, 2.24) is 20.2 Å². The van der Waals surface area contributed by atoms with Crippen molar-refractivity contribution >= 4 is 68.7 Å². The van der Waals surface area contributed by atoms with Gasteiger partial charge in [-0.25, -0.2) is 4.98 Å². The molecule has 2 fully saturated rings. The van der Waals surface area contributed by atoms with Gasteiger partial charge in [-0.2, -0.15) is 0 Å². The second kappa shape index (κ2) is 13.7. The number of pyridine rings is 1. The first-order chi connectivity index (χ1) is 25.8. The molecular formula is C43H40Cl2N6O2. The number of hydrogen-bond donors (Lipinski definition) is 3. The molecule has 4 aliphatic rings. The lowest BCUT2D eigenvalue weighted by Gasteiger charge is -2.39. The Kier molecular flexibility index (Phi) is 8.75. The van der Waals surface area contributed by atoms with E-state index in [1.807, 2.05) is 42.5 Å². The molecule has 1 aliphatic carbocycles. The van der Waals surface area contributed by atoms with E-state index in [-0.39, 0.29) is 35.7 Å². The summed E-state index contributed by atoms with van der Waals surface area (Å²) in [6, 6.07) is 26.1. The number of aromatic nitrogens is 2. The Morgan fingerprint density at radius 3 is 2.43 bits per heavy atom. The summed E-state index contributed by atoms with van der Waals surface area (Å²) in [5, 5.41) is 8.72. The van der Waals surface area contributed by atoms with Crippen LogP contribution in [0.2, 0.25) is 10.0 Å². The molecule has 0 radical (unpaired) electrons. The van der Waals surface area contributed by atoms with Crippen molar-refractivity contribution in [2.75, 3.05) is 23.3 Å². The van der Waals surface area contributed by atoms with Crippen molar-refractivity contribution in [3.63, 3.8) is 0 Å². The molecule has 3 aromatic carbocycles. The van der Waals surface area contributed by atoms with Gasteiger partial charge in [0.25, 0.3) is 5.91 Å². The molecule has 5 heterocycles. The van der Waals surface area contributed by atoms with Gasteiger partial charge < -0.3 is 25.4 Å². The third-order valence-electron chi connectivity index (χ3n) is 11.1. The number of H-pyrrole nitrogens is 1. The molecule has 3 aliphatic heterocycles. The quantitative estimate of drug-likeness (QED) is 0.155. The molecule has 9 rings (SSSR count). The number of piperidine rings is 1. The Morgan fingerprint density at radius 1 is 0.906 bits per heavy atom. The molecule has 2 atom stereocenters. The average molecular weight is 744 g/mol. The summed E-state index contributed by atoms with van der Waals surface area (Å²) in [7, 11) is 0. The Bertz CT molecular complexity index is 2290. The highest BCUT2D eigenvalue weighted by atomic mass is 35.5. The van der Waals surface area contributed by atoms with Crippen molar-refractivity contribution in [2.24, 2.45) is 11.8 Å². The van der Waals surface area contributed by atoms with Gasteiger partial charge in [0.1, 0.15) is 5.69 Å². The van der Waals surface area contributed by atoms with Gasteiger partial charge in [-0.15, -0.1) is 0 Å². The number of anilines is 2. The zero-order chi connectivity index (χ0) is 36.2. The van der Waals surface area contributed by atoms with Crippen LogP contribution in [0.5, 0.6) is 0 Å². The van der Waals surface area contributed by atoms with Crippen LogP contribution in [0.1, 0.15) is 77.8 Å². The van der Waals surface area contributed by atoms with E-state index in [2.05, 4.69) is 81.0 Å². The van der Waals surface area contributed by atoms with Crippen LogP contribution in [0.25, 0.3) is 22.2 Å². The maximum atomic E-state index is 14.8. The van der Waals surface area contributed by atoms with Gasteiger partial charge in [0.15, 0.2) is 5.82 Å². The van der Waals surface area contributed by atoms with E-state index in [0.717, 1.165) is 89.9 Å². The van der Waals surface area contributed by atoms with Crippen molar-refractivity contribution in [1.29, 1.82) is 0 Å². The number of benzene rings is 3. The van der Waals surface area contributed by atoms with Crippen LogP contribution in [0.15, 0.2) is 97.3 Å². The normalized spacial score (nSPS) is 20.0. The lowest BCUT2D eigenvalue weighted by molar-refractivity contribution is -0.123. The molecule has 2 aromatic heterocycles. The van der Waals surface area contributed by atoms with Crippen LogP contribution in [-0.2, 0) is 4.79 Å². The first kappa shape index (κ1) is 33.8. The number of hydrogen-bond acceptors (Lipinski definition) is 5. The lowest BCUT2D eigenvalue weighted by atomic mass is 9.82. The summed E-state index contributed by atoms with van der Waals surface area (Å²) in [4.78, 5) is 40.0. The molecule has 0 spiro atoms. The van der Waals surface area contributed by atoms with Gasteiger partial charge in [-0.3, -0.25) is 9.59 Å². The number of fused-ring (bicyclic) bond motifs is 2. The highest BCUT2D eigenvalue weighted by Gasteiger charge is 2.40. The fraction of sp³-hybridized carbons (Fsp3) is 0.279. The van der Waals surface area contributed by atoms with Gasteiger partial charge in [-0.05, 0) is 96.7 Å². The van der Waals surface area contributed by atoms with Crippen LogP contribution in [0, 0.1) is 11.8 Å². The monoisotopic (exact) mass is 742 g/mol. The number of aromatic amines is 1. The molecule has 2 unspecified atom stereocenters. The number of nitrogens with zero attached hydrogens (tertiary/aromatic N) is 3. The minimum Gasteiger partial charge on any atom is -0.355 e. The Hall–Kier alpha value is -5.05. The SMILES string of the molecule is CC1CC=CN2C(=C1c1ccccc1)c1c(C(=O)Nc3cccnc3N3CCC(NC(=O)C4CC4)CC3)[nH]c3cc(Cl)cc(c13)C2c1ccc(Cl)cc1. The first-order valence-corrected chi connectivity index (χ1v) is 19.3. The van der Waals surface area contributed by atoms with Gasteiger partial charge in [-0.1, -0.05) is 78.7 Å². The van der Waals surface area contributed by atoms with E-state index in [1.54, 1.807) is 6.20 Å². The van der Waals surface area contributed by atoms with Gasteiger partial charge in [0.05, 0.1) is 17.4 Å². The molecule has 0 bridgehead atoms. The maximum Gasteiger partial charge on any atom is 0.272 e. The Morgan fingerprint density at radius 2 is 1.68 bits per heavy atom. The molecule has 10 heteroatoms. The lowest BCUT2D eigenvalue weighted by Crippen LogP contribution is -2.45. The smallest absolute Gasteiger partial charge is 0.272 e. The fourth-order valence-corrected chi connectivity index (χ4v) is 8.73. The highest BCUT2D eigenvalue weighted by molar-refractivity contribution is 6.32. The molecule has 268 valence electrons. The fourth-order valence-electron chi connectivity index (χ4n) is 8.38. The molecular weight excluding hydrogens is 703 g/mol. The predicted molar refractivity (Wildman–Crippen MR) is 213 cm³/mol. The molecule has 8 nitrogen and oxygen atoms in total. The maximum absolute atomic E-state index is 14.8. The third kappa shape index (κ3) is 6.28. The second-order valence-electron chi connectivity index (χ2n) is 14.7. The van der Waals surface area contributed by atoms with E-state index >= 15 is 0 Å². The number of amides is 2. The molecule has 3 N–H and O–H groups in total. The largest absolute Gasteiger partial charge is 0.355 e. The number of nitrogens with one attached hydrogen (secondary N) is 3. The van der Waals surface area contributed by atoms with Crippen LogP contribution < -0.4 is 15.5 Å².